The van der Waals surface area contributed by atoms with Crippen LogP contribution in [0.1, 0.15) is 26.7 Å². The Morgan fingerprint density at radius 3 is 2.82 bits per heavy atom. The first-order chi connectivity index (χ1) is 10.5. The van der Waals surface area contributed by atoms with Gasteiger partial charge in [-0.3, -0.25) is 0 Å². The molecular weight excluding hydrogens is 283 g/mol. The first-order valence-corrected chi connectivity index (χ1v) is 7.95. The first-order valence-electron chi connectivity index (χ1n) is 7.95. The van der Waals surface area contributed by atoms with Crippen molar-refractivity contribution in [3.63, 3.8) is 0 Å². The number of urea groups is 1. The summed E-state index contributed by atoms with van der Waals surface area (Å²) < 4.78 is 18.4. The number of likely N-dealkylation sites (tertiary alicyclic amines) is 1. The minimum atomic E-state index is -0.258. The SMILES string of the molecule is CC(C)CNC(=O)N1CCC(CCOc2ccc(F)cc2)C1. The molecule has 22 heavy (non-hydrogen) atoms. The van der Waals surface area contributed by atoms with Gasteiger partial charge in [-0.05, 0) is 48.9 Å². The van der Waals surface area contributed by atoms with Crippen LogP contribution in [0.5, 0.6) is 5.75 Å². The molecule has 1 fully saturated rings. The highest BCUT2D eigenvalue weighted by Gasteiger charge is 2.25. The molecule has 1 aliphatic rings. The van der Waals surface area contributed by atoms with Crippen LogP contribution in [0.25, 0.3) is 0 Å². The number of carbonyl (C=O) groups is 1. The second-order valence-corrected chi connectivity index (χ2v) is 6.27. The van der Waals surface area contributed by atoms with Crippen LogP contribution in [-0.2, 0) is 0 Å². The third-order valence-corrected chi connectivity index (χ3v) is 3.84. The Hall–Kier alpha value is -1.78. The minimum absolute atomic E-state index is 0.0376. The van der Waals surface area contributed by atoms with Crippen molar-refractivity contribution >= 4 is 6.03 Å². The highest BCUT2D eigenvalue weighted by atomic mass is 19.1. The lowest BCUT2D eigenvalue weighted by Gasteiger charge is -2.18. The maximum Gasteiger partial charge on any atom is 0.317 e. The maximum absolute atomic E-state index is 12.8. The molecule has 0 aliphatic carbocycles. The molecule has 5 heteroatoms. The first kappa shape index (κ1) is 16.6. The predicted molar refractivity (Wildman–Crippen MR) is 84.4 cm³/mol. The molecule has 0 bridgehead atoms. The Bertz CT molecular complexity index is 476. The van der Waals surface area contributed by atoms with Crippen molar-refractivity contribution in [3.8, 4) is 5.75 Å². The summed E-state index contributed by atoms with van der Waals surface area (Å²) in [4.78, 5) is 13.9. The normalized spacial score (nSPS) is 17.8. The van der Waals surface area contributed by atoms with E-state index in [2.05, 4.69) is 19.2 Å². The number of carbonyl (C=O) groups excluding carboxylic acids is 1. The van der Waals surface area contributed by atoms with Gasteiger partial charge in [0.2, 0.25) is 0 Å². The standard InChI is InChI=1S/C17H25FN2O2/c1-13(2)11-19-17(21)20-9-7-14(12-20)8-10-22-16-5-3-15(18)4-6-16/h3-6,13-14H,7-12H2,1-2H3,(H,19,21). The van der Waals surface area contributed by atoms with Crippen LogP contribution >= 0.6 is 0 Å². The lowest BCUT2D eigenvalue weighted by molar-refractivity contribution is 0.204. The van der Waals surface area contributed by atoms with Crippen molar-refractivity contribution in [3.05, 3.63) is 30.1 Å². The van der Waals surface area contributed by atoms with E-state index in [0.29, 0.717) is 30.7 Å². The van der Waals surface area contributed by atoms with E-state index in [1.807, 2.05) is 4.90 Å². The fraction of sp³-hybridized carbons (Fsp3) is 0.588. The van der Waals surface area contributed by atoms with E-state index in [9.17, 15) is 9.18 Å². The van der Waals surface area contributed by atoms with Crippen molar-refractivity contribution in [1.82, 2.24) is 10.2 Å². The van der Waals surface area contributed by atoms with Gasteiger partial charge in [0.05, 0.1) is 6.61 Å². The third-order valence-electron chi connectivity index (χ3n) is 3.84. The summed E-state index contributed by atoms with van der Waals surface area (Å²) in [6.07, 6.45) is 1.92. The number of amides is 2. The topological polar surface area (TPSA) is 41.6 Å². The second kappa shape index (κ2) is 8.01. The summed E-state index contributed by atoms with van der Waals surface area (Å²) in [6, 6.07) is 6.10. The second-order valence-electron chi connectivity index (χ2n) is 6.27. The summed E-state index contributed by atoms with van der Waals surface area (Å²) in [5.41, 5.74) is 0. The van der Waals surface area contributed by atoms with Crippen molar-refractivity contribution < 1.29 is 13.9 Å². The average Bonchev–Trinajstić information content (AvgIpc) is 2.96. The van der Waals surface area contributed by atoms with Gasteiger partial charge in [0.1, 0.15) is 11.6 Å². The van der Waals surface area contributed by atoms with Crippen LogP contribution in [0, 0.1) is 17.7 Å². The molecule has 1 N–H and O–H groups in total. The number of benzene rings is 1. The van der Waals surface area contributed by atoms with Crippen molar-refractivity contribution in [2.75, 3.05) is 26.2 Å². The quantitative estimate of drug-likeness (QED) is 0.876. The van der Waals surface area contributed by atoms with Crippen LogP contribution in [0.4, 0.5) is 9.18 Å². The molecule has 0 saturated carbocycles. The van der Waals surface area contributed by atoms with Gasteiger partial charge >= 0.3 is 6.03 Å². The Labute approximate surface area is 131 Å². The number of rotatable bonds is 6. The molecule has 1 aromatic carbocycles. The van der Waals surface area contributed by atoms with Gasteiger partial charge in [-0.1, -0.05) is 13.8 Å². The van der Waals surface area contributed by atoms with Crippen molar-refractivity contribution in [2.45, 2.75) is 26.7 Å². The van der Waals surface area contributed by atoms with Crippen LogP contribution in [-0.4, -0.2) is 37.2 Å². The fourth-order valence-corrected chi connectivity index (χ4v) is 2.53. The van der Waals surface area contributed by atoms with E-state index in [1.54, 1.807) is 12.1 Å². The summed E-state index contributed by atoms with van der Waals surface area (Å²) in [5.74, 6) is 1.37. The zero-order valence-electron chi connectivity index (χ0n) is 13.3. The van der Waals surface area contributed by atoms with Crippen LogP contribution in [0.2, 0.25) is 0 Å². The molecule has 1 aliphatic heterocycles. The molecule has 1 saturated heterocycles. The summed E-state index contributed by atoms with van der Waals surface area (Å²) in [5, 5.41) is 2.95. The zero-order chi connectivity index (χ0) is 15.9. The smallest absolute Gasteiger partial charge is 0.317 e. The molecule has 0 spiro atoms. The summed E-state index contributed by atoms with van der Waals surface area (Å²) in [6.45, 7) is 7.08. The Kier molecular flexibility index (Phi) is 6.04. The molecule has 122 valence electrons. The van der Waals surface area contributed by atoms with Crippen LogP contribution < -0.4 is 10.1 Å². The van der Waals surface area contributed by atoms with Crippen LogP contribution in [0.15, 0.2) is 24.3 Å². The molecule has 1 atom stereocenters. The highest BCUT2D eigenvalue weighted by molar-refractivity contribution is 5.74. The van der Waals surface area contributed by atoms with Gasteiger partial charge in [0.15, 0.2) is 0 Å². The lowest BCUT2D eigenvalue weighted by Crippen LogP contribution is -2.40. The predicted octanol–water partition coefficient (Wildman–Crippen LogP) is 3.28. The Balaban J connectivity index is 1.66. The molecule has 0 radical (unpaired) electrons. The van der Waals surface area contributed by atoms with Gasteiger partial charge in [-0.15, -0.1) is 0 Å². The Morgan fingerprint density at radius 2 is 2.14 bits per heavy atom. The van der Waals surface area contributed by atoms with E-state index < -0.39 is 0 Å². The van der Waals surface area contributed by atoms with E-state index in [-0.39, 0.29) is 11.8 Å². The van der Waals surface area contributed by atoms with Crippen molar-refractivity contribution in [2.24, 2.45) is 11.8 Å². The van der Waals surface area contributed by atoms with Crippen LogP contribution in [0.3, 0.4) is 0 Å². The van der Waals surface area contributed by atoms with Gasteiger partial charge in [0, 0.05) is 19.6 Å². The molecule has 1 aromatic rings. The maximum atomic E-state index is 12.8. The van der Waals surface area contributed by atoms with Gasteiger partial charge < -0.3 is 15.0 Å². The lowest BCUT2D eigenvalue weighted by atomic mass is 10.1. The number of halogens is 1. The number of ether oxygens (including phenoxy) is 1. The molecular formula is C17H25FN2O2. The van der Waals surface area contributed by atoms with Gasteiger partial charge in [-0.25, -0.2) is 9.18 Å². The molecule has 2 amide bonds. The van der Waals surface area contributed by atoms with E-state index in [4.69, 9.17) is 4.74 Å². The van der Waals surface area contributed by atoms with Gasteiger partial charge in [-0.2, -0.15) is 0 Å². The molecule has 1 unspecified atom stereocenters. The number of nitrogens with zero attached hydrogens (tertiary/aromatic N) is 1. The van der Waals surface area contributed by atoms with E-state index >= 15 is 0 Å². The number of nitrogens with one attached hydrogen (secondary N) is 1. The highest BCUT2D eigenvalue weighted by Crippen LogP contribution is 2.20. The summed E-state index contributed by atoms with van der Waals surface area (Å²) in [7, 11) is 0. The number of hydrogen-bond acceptors (Lipinski definition) is 2. The molecule has 1 heterocycles. The van der Waals surface area contributed by atoms with Crippen molar-refractivity contribution in [1.29, 1.82) is 0 Å². The molecule has 4 nitrogen and oxygen atoms in total. The van der Waals surface area contributed by atoms with Gasteiger partial charge in [0.25, 0.3) is 0 Å². The minimum Gasteiger partial charge on any atom is -0.494 e. The monoisotopic (exact) mass is 308 g/mol. The third kappa shape index (κ3) is 5.20. The van der Waals surface area contributed by atoms with E-state index in [1.165, 1.54) is 12.1 Å². The number of hydrogen-bond donors (Lipinski definition) is 1. The van der Waals surface area contributed by atoms with E-state index in [0.717, 1.165) is 25.9 Å². The Morgan fingerprint density at radius 1 is 1.41 bits per heavy atom. The average molecular weight is 308 g/mol. The molecule has 2 rings (SSSR count). The molecule has 0 aromatic heterocycles. The summed E-state index contributed by atoms with van der Waals surface area (Å²) >= 11 is 0. The zero-order valence-corrected chi connectivity index (χ0v) is 13.3. The largest absolute Gasteiger partial charge is 0.494 e. The fourth-order valence-electron chi connectivity index (χ4n) is 2.53.